The monoisotopic (exact) mass is 1200 g/mol. The normalized spacial score (nSPS) is 14.3. The Bertz CT molecular complexity index is 4460. The van der Waals surface area contributed by atoms with E-state index in [1.165, 1.54) is 104 Å². The lowest BCUT2D eigenvalue weighted by Crippen LogP contribution is -1.98. The molecule has 0 saturated carbocycles. The zero-order chi connectivity index (χ0) is 56.8. The standard InChI is InChI=1S/C74H70Br2N4O2/c1-9-51-39(5)69-65-55-25-17-21-47-33-45-29-27-43(31-49(45)35-59(47)55)19-13-15-23-57-67(75)74(82)58(68(76)73(57)81)24-16-14-20-44-28-30-46-34-48-22-18-26-56(60(48)36-50(46)32-44)66(71-40(6)52(10-2)62(78-71)37-61(51)77-69)72-42(8)54(12-4)64(80-72)38-63-53(11-3)41(7)70(65)79-63/h17-18,21-22,25-38,77,79,81-82H,9-16,19-20,23-24H2,1-8H3. The number of aromatic amines is 2. The summed E-state index contributed by atoms with van der Waals surface area (Å²) >= 11 is 7.46. The number of allylic oxidation sites excluding steroid dienone is 4. The number of nitrogens with zero attached hydrogens (tertiary/aromatic N) is 2. The molecule has 0 radical (unpaired) electrons. The van der Waals surface area contributed by atoms with Crippen LogP contribution in [0.25, 0.3) is 110 Å². The predicted octanol–water partition coefficient (Wildman–Crippen LogP) is 21.1. The van der Waals surface area contributed by atoms with Crippen LogP contribution in [-0.4, -0.2) is 30.1 Å². The zero-order valence-corrected chi connectivity index (χ0v) is 51.6. The topological polar surface area (TPSA) is 97.8 Å². The molecule has 6 aliphatic rings. The van der Waals surface area contributed by atoms with Crippen LogP contribution in [0.3, 0.4) is 0 Å². The SMILES string of the molecule is CCC1=C(C)c2nc1cc1[nH]c(c(C)c1CC)c1c3[nH]c(cc4nc(c2-c2cccc5cc6ccc(cc6cc25)CCCCc2c(O)c(Br)c(c(O)c2Br)CCCCc2ccc5cc6cccc-1c6cc5c2)C(C)=C4CC)c(CC)c3C. The Morgan fingerprint density at radius 2 is 0.878 bits per heavy atom. The molecule has 4 N–H and O–H groups in total. The van der Waals surface area contributed by atoms with E-state index in [1.807, 2.05) is 0 Å². The van der Waals surface area contributed by atoms with E-state index in [0.717, 1.165) is 137 Å². The molecule has 412 valence electrons. The van der Waals surface area contributed by atoms with Gasteiger partial charge >= 0.3 is 0 Å². The number of aromatic hydroxyl groups is 2. The largest absolute Gasteiger partial charge is 0.506 e. The molecule has 3 aromatic heterocycles. The van der Waals surface area contributed by atoms with Gasteiger partial charge in [0, 0.05) is 33.3 Å². The summed E-state index contributed by atoms with van der Waals surface area (Å²) in [5.41, 5.74) is 26.9. The van der Waals surface area contributed by atoms with Gasteiger partial charge in [0.15, 0.2) is 0 Å². The molecule has 0 fully saturated rings. The molecule has 16 rings (SSSR count). The lowest BCUT2D eigenvalue weighted by Gasteiger charge is -2.16. The van der Waals surface area contributed by atoms with E-state index < -0.39 is 0 Å². The summed E-state index contributed by atoms with van der Waals surface area (Å²) in [6.07, 6.45) is 9.99. The van der Waals surface area contributed by atoms with Gasteiger partial charge in [-0.3, -0.25) is 0 Å². The van der Waals surface area contributed by atoms with Gasteiger partial charge in [0.05, 0.1) is 42.8 Å². The molecule has 0 amide bonds. The molecule has 6 nitrogen and oxygen atoms in total. The van der Waals surface area contributed by atoms with Crippen LogP contribution < -0.4 is 0 Å². The van der Waals surface area contributed by atoms with Crippen molar-refractivity contribution < 1.29 is 10.2 Å². The number of benzene rings is 7. The molecule has 10 aromatic rings. The van der Waals surface area contributed by atoms with Gasteiger partial charge < -0.3 is 20.2 Å². The highest BCUT2D eigenvalue weighted by atomic mass is 79.9. The maximum Gasteiger partial charge on any atom is 0.134 e. The van der Waals surface area contributed by atoms with E-state index in [-0.39, 0.29) is 11.5 Å². The van der Waals surface area contributed by atoms with Gasteiger partial charge in [0.25, 0.3) is 0 Å². The molecule has 18 bridgehead atoms. The average Bonchev–Trinajstić information content (AvgIpc) is 3.81. The molecule has 0 spiro atoms. The van der Waals surface area contributed by atoms with E-state index in [9.17, 15) is 10.2 Å². The number of halogens is 2. The van der Waals surface area contributed by atoms with Crippen LogP contribution in [-0.2, 0) is 38.5 Å². The molecule has 0 atom stereocenters. The average molecular weight is 1210 g/mol. The summed E-state index contributed by atoms with van der Waals surface area (Å²) in [4.78, 5) is 19.9. The maximum atomic E-state index is 11.6. The second-order valence-electron chi connectivity index (χ2n) is 23.2. The van der Waals surface area contributed by atoms with Gasteiger partial charge in [-0.05, 0) is 283 Å². The highest BCUT2D eigenvalue weighted by Gasteiger charge is 2.29. The maximum absolute atomic E-state index is 11.6. The smallest absolute Gasteiger partial charge is 0.134 e. The van der Waals surface area contributed by atoms with Crippen LogP contribution in [0.2, 0.25) is 0 Å². The van der Waals surface area contributed by atoms with Crippen LogP contribution in [0.5, 0.6) is 11.5 Å². The Morgan fingerprint density at radius 3 is 1.30 bits per heavy atom. The minimum Gasteiger partial charge on any atom is -0.506 e. The summed E-state index contributed by atoms with van der Waals surface area (Å²) in [6.45, 7) is 18.3. The van der Waals surface area contributed by atoms with Crippen molar-refractivity contribution in [1.29, 1.82) is 0 Å². The number of phenolic OH excluding ortho intramolecular Hbond substituents is 2. The first-order valence-corrected chi connectivity index (χ1v) is 31.4. The summed E-state index contributed by atoms with van der Waals surface area (Å²) in [7, 11) is 0. The van der Waals surface area contributed by atoms with Crippen LogP contribution >= 0.6 is 31.9 Å². The molecule has 7 aromatic carbocycles. The minimum atomic E-state index is 0.212. The van der Waals surface area contributed by atoms with Crippen molar-refractivity contribution in [2.24, 2.45) is 0 Å². The third kappa shape index (κ3) is 8.93. The molecule has 82 heavy (non-hydrogen) atoms. The van der Waals surface area contributed by atoms with Gasteiger partial charge in [0.1, 0.15) is 11.5 Å². The quantitative estimate of drug-likeness (QED) is 0.104. The highest BCUT2D eigenvalue weighted by Crippen LogP contribution is 2.49. The predicted molar refractivity (Wildman–Crippen MR) is 354 cm³/mol. The Balaban J connectivity index is 1.13. The Kier molecular flexibility index (Phi) is 14.2. The third-order valence-corrected chi connectivity index (χ3v) is 20.3. The fourth-order valence-electron chi connectivity index (χ4n) is 14.2. The molecule has 0 aliphatic carbocycles. The molecular weight excluding hydrogens is 1140 g/mol. The van der Waals surface area contributed by atoms with Gasteiger partial charge in [0.2, 0.25) is 0 Å². The van der Waals surface area contributed by atoms with Gasteiger partial charge in [-0.15, -0.1) is 0 Å². The summed E-state index contributed by atoms with van der Waals surface area (Å²) < 4.78 is 1.18. The second kappa shape index (κ2) is 21.5. The van der Waals surface area contributed by atoms with Crippen molar-refractivity contribution >= 4 is 119 Å². The van der Waals surface area contributed by atoms with E-state index >= 15 is 0 Å². The van der Waals surface area contributed by atoms with Crippen molar-refractivity contribution in [3.63, 3.8) is 0 Å². The molecule has 9 heterocycles. The number of aromatic nitrogens is 4. The number of H-pyrrole nitrogens is 2. The zero-order valence-electron chi connectivity index (χ0n) is 48.4. The molecule has 8 heteroatoms. The van der Waals surface area contributed by atoms with E-state index in [2.05, 4.69) is 206 Å². The summed E-state index contributed by atoms with van der Waals surface area (Å²) in [5, 5.41) is 32.8. The summed E-state index contributed by atoms with van der Waals surface area (Å²) in [6, 6.07) is 41.6. The first kappa shape index (κ1) is 54.0. The second-order valence-corrected chi connectivity index (χ2v) is 24.8. The van der Waals surface area contributed by atoms with Crippen molar-refractivity contribution in [2.75, 3.05) is 0 Å². The van der Waals surface area contributed by atoms with Crippen molar-refractivity contribution in [3.05, 3.63) is 185 Å². The number of hydrogen-bond donors (Lipinski definition) is 4. The van der Waals surface area contributed by atoms with E-state index in [1.54, 1.807) is 0 Å². The lowest BCUT2D eigenvalue weighted by molar-refractivity contribution is 0.440. The van der Waals surface area contributed by atoms with Crippen LogP contribution in [0.15, 0.2) is 118 Å². The van der Waals surface area contributed by atoms with Gasteiger partial charge in [-0.1, -0.05) is 100 Å². The van der Waals surface area contributed by atoms with Crippen LogP contribution in [0.4, 0.5) is 0 Å². The van der Waals surface area contributed by atoms with Crippen molar-refractivity contribution in [1.82, 2.24) is 19.9 Å². The van der Waals surface area contributed by atoms with Gasteiger partial charge in [-0.25, -0.2) is 9.97 Å². The first-order valence-electron chi connectivity index (χ1n) is 29.8. The number of aryl methyl sites for hydroxylation is 6. The third-order valence-electron chi connectivity index (χ3n) is 18.6. The van der Waals surface area contributed by atoms with Crippen LogP contribution in [0.1, 0.15) is 147 Å². The van der Waals surface area contributed by atoms with E-state index in [4.69, 9.17) is 9.97 Å². The fraction of sp³-hybridized carbons (Fsp3) is 0.270. The number of hydrogen-bond acceptors (Lipinski definition) is 4. The molecular formula is C74H70Br2N4O2. The molecule has 0 unspecified atom stereocenters. The van der Waals surface area contributed by atoms with Crippen LogP contribution in [0, 0.1) is 13.8 Å². The highest BCUT2D eigenvalue weighted by molar-refractivity contribution is 9.11. The van der Waals surface area contributed by atoms with Crippen molar-refractivity contribution in [2.45, 2.75) is 132 Å². The molecule has 6 aliphatic heterocycles. The fourth-order valence-corrected chi connectivity index (χ4v) is 15.5. The lowest BCUT2D eigenvalue weighted by atomic mass is 9.89. The van der Waals surface area contributed by atoms with E-state index in [0.29, 0.717) is 21.8 Å². The Morgan fingerprint density at radius 1 is 0.451 bits per heavy atom. The Hall–Kier alpha value is -7.26. The first-order chi connectivity index (χ1) is 39.8. The number of phenols is 2. The molecule has 0 saturated heterocycles. The Labute approximate surface area is 497 Å². The van der Waals surface area contributed by atoms with Crippen molar-refractivity contribution in [3.8, 4) is 33.8 Å². The minimum absolute atomic E-state index is 0.212. The summed E-state index contributed by atoms with van der Waals surface area (Å²) in [5.74, 6) is 0.425. The number of rotatable bonds is 4. The number of nitrogens with one attached hydrogen (secondary N) is 2. The van der Waals surface area contributed by atoms with Gasteiger partial charge in [-0.2, -0.15) is 0 Å².